The summed E-state index contributed by atoms with van der Waals surface area (Å²) < 4.78 is 1.87. The molecule has 128 valence electrons. The number of nitrogens with zero attached hydrogens (tertiary/aromatic N) is 6. The Hall–Kier alpha value is -2.89. The third kappa shape index (κ3) is 3.63. The van der Waals surface area contributed by atoms with Gasteiger partial charge in [-0.3, -0.25) is 4.99 Å². The summed E-state index contributed by atoms with van der Waals surface area (Å²) >= 11 is 0. The molecule has 0 aromatic carbocycles. The summed E-state index contributed by atoms with van der Waals surface area (Å²) in [6.07, 6.45) is 9.74. The first-order chi connectivity index (χ1) is 12.2. The molecule has 25 heavy (non-hydrogen) atoms. The van der Waals surface area contributed by atoms with Crippen molar-refractivity contribution < 1.29 is 0 Å². The largest absolute Gasteiger partial charge is 0.296 e. The van der Waals surface area contributed by atoms with Gasteiger partial charge in [0.15, 0.2) is 5.82 Å². The number of pyridine rings is 1. The summed E-state index contributed by atoms with van der Waals surface area (Å²) in [5.74, 6) is 0.774. The van der Waals surface area contributed by atoms with E-state index in [1.165, 1.54) is 5.56 Å². The number of aliphatic imine (C=N–C) groups is 1. The molecule has 6 nitrogen and oxygen atoms in total. The first-order valence-corrected chi connectivity index (χ1v) is 8.44. The summed E-state index contributed by atoms with van der Waals surface area (Å²) in [7, 11) is 1.75. The van der Waals surface area contributed by atoms with Crippen molar-refractivity contribution in [2.24, 2.45) is 4.99 Å². The molecule has 0 aliphatic carbocycles. The van der Waals surface area contributed by atoms with E-state index >= 15 is 0 Å². The van der Waals surface area contributed by atoms with Gasteiger partial charge in [-0.1, -0.05) is 13.3 Å². The normalized spacial score (nSPS) is 11.3. The van der Waals surface area contributed by atoms with Crippen molar-refractivity contribution >= 4 is 6.21 Å². The van der Waals surface area contributed by atoms with E-state index in [4.69, 9.17) is 0 Å². The maximum Gasteiger partial charge on any atom is 0.162 e. The van der Waals surface area contributed by atoms with E-state index in [2.05, 4.69) is 32.0 Å². The molecule has 0 saturated carbocycles. The standard InChI is InChI=1S/C19H22N6/c1-4-6-17-14(2)22-13-23-18(17)11-16-8-10-24-25(16)19-15(12-20-3)7-5-9-21-19/h5,7-10,12-13H,4,6,11H2,1-3H3. The van der Waals surface area contributed by atoms with Gasteiger partial charge in [0.25, 0.3) is 0 Å². The molecule has 0 amide bonds. The van der Waals surface area contributed by atoms with Crippen LogP contribution in [0.2, 0.25) is 0 Å². The fraction of sp³-hybridized carbons (Fsp3) is 0.316. The minimum atomic E-state index is 0.692. The smallest absolute Gasteiger partial charge is 0.162 e. The average molecular weight is 334 g/mol. The summed E-state index contributed by atoms with van der Waals surface area (Å²) in [4.78, 5) is 17.5. The first kappa shape index (κ1) is 17.0. The van der Waals surface area contributed by atoms with Crippen LogP contribution in [0.25, 0.3) is 5.82 Å². The molecule has 0 atom stereocenters. The third-order valence-electron chi connectivity index (χ3n) is 4.11. The minimum absolute atomic E-state index is 0.692. The highest BCUT2D eigenvalue weighted by molar-refractivity contribution is 5.83. The van der Waals surface area contributed by atoms with Crippen LogP contribution in [0.4, 0.5) is 0 Å². The predicted molar refractivity (Wildman–Crippen MR) is 98.4 cm³/mol. The lowest BCUT2D eigenvalue weighted by Crippen LogP contribution is -2.10. The molecule has 6 heteroatoms. The Kier molecular flexibility index (Phi) is 5.28. The van der Waals surface area contributed by atoms with E-state index in [-0.39, 0.29) is 0 Å². The Bertz CT molecular complexity index is 881. The van der Waals surface area contributed by atoms with Crippen LogP contribution in [0, 0.1) is 6.92 Å². The zero-order chi connectivity index (χ0) is 17.6. The van der Waals surface area contributed by atoms with Crippen molar-refractivity contribution in [2.75, 3.05) is 7.05 Å². The Morgan fingerprint density at radius 3 is 2.84 bits per heavy atom. The fourth-order valence-electron chi connectivity index (χ4n) is 2.93. The lowest BCUT2D eigenvalue weighted by molar-refractivity contribution is 0.776. The van der Waals surface area contributed by atoms with E-state index in [0.29, 0.717) is 6.42 Å². The second kappa shape index (κ2) is 7.79. The molecular formula is C19H22N6. The van der Waals surface area contributed by atoms with Gasteiger partial charge in [0, 0.05) is 43.3 Å². The van der Waals surface area contributed by atoms with Crippen molar-refractivity contribution in [2.45, 2.75) is 33.1 Å². The van der Waals surface area contributed by atoms with Gasteiger partial charge in [0.1, 0.15) is 6.33 Å². The molecule has 0 fully saturated rings. The third-order valence-corrected chi connectivity index (χ3v) is 4.11. The summed E-state index contributed by atoms with van der Waals surface area (Å²) in [5, 5.41) is 4.47. The van der Waals surface area contributed by atoms with E-state index in [0.717, 1.165) is 41.3 Å². The van der Waals surface area contributed by atoms with Crippen LogP contribution in [0.5, 0.6) is 0 Å². The van der Waals surface area contributed by atoms with E-state index < -0.39 is 0 Å². The Morgan fingerprint density at radius 2 is 2.04 bits per heavy atom. The van der Waals surface area contributed by atoms with Crippen molar-refractivity contribution in [1.82, 2.24) is 24.7 Å². The molecule has 0 saturated heterocycles. The maximum atomic E-state index is 4.53. The molecule has 3 aromatic rings. The molecule has 0 aliphatic heterocycles. The van der Waals surface area contributed by atoms with Crippen molar-refractivity contribution in [3.8, 4) is 5.82 Å². The zero-order valence-electron chi connectivity index (χ0n) is 14.8. The van der Waals surface area contributed by atoms with Crippen LogP contribution < -0.4 is 0 Å². The zero-order valence-corrected chi connectivity index (χ0v) is 14.8. The monoisotopic (exact) mass is 334 g/mol. The quantitative estimate of drug-likeness (QED) is 0.650. The molecule has 0 aliphatic rings. The van der Waals surface area contributed by atoms with Crippen LogP contribution in [0.1, 0.15) is 41.6 Å². The Balaban J connectivity index is 2.01. The van der Waals surface area contributed by atoms with Crippen LogP contribution in [0.15, 0.2) is 41.9 Å². The SMILES string of the molecule is CCCc1c(C)ncnc1Cc1ccnn1-c1ncccc1C=NC. The Labute approximate surface area is 147 Å². The van der Waals surface area contributed by atoms with E-state index in [1.54, 1.807) is 32.0 Å². The van der Waals surface area contributed by atoms with Crippen molar-refractivity contribution in [3.63, 3.8) is 0 Å². The van der Waals surface area contributed by atoms with Crippen molar-refractivity contribution in [1.29, 1.82) is 0 Å². The molecule has 3 rings (SSSR count). The highest BCUT2D eigenvalue weighted by atomic mass is 15.3. The van der Waals surface area contributed by atoms with E-state index in [9.17, 15) is 0 Å². The van der Waals surface area contributed by atoms with Gasteiger partial charge in [-0.15, -0.1) is 0 Å². The molecule has 3 aromatic heterocycles. The maximum absolute atomic E-state index is 4.53. The average Bonchev–Trinajstić information content (AvgIpc) is 3.07. The molecular weight excluding hydrogens is 312 g/mol. The highest BCUT2D eigenvalue weighted by Crippen LogP contribution is 2.18. The van der Waals surface area contributed by atoms with Gasteiger partial charge in [-0.25, -0.2) is 19.6 Å². The van der Waals surface area contributed by atoms with Crippen LogP contribution in [0.3, 0.4) is 0 Å². The van der Waals surface area contributed by atoms with E-state index in [1.807, 2.05) is 29.8 Å². The van der Waals surface area contributed by atoms with Crippen molar-refractivity contribution in [3.05, 3.63) is 65.1 Å². The topological polar surface area (TPSA) is 68.8 Å². The molecule has 0 bridgehead atoms. The minimum Gasteiger partial charge on any atom is -0.296 e. The number of hydrogen-bond donors (Lipinski definition) is 0. The Morgan fingerprint density at radius 1 is 1.16 bits per heavy atom. The number of rotatable bonds is 6. The molecule has 0 radical (unpaired) electrons. The number of aryl methyl sites for hydroxylation is 1. The van der Waals surface area contributed by atoms with Gasteiger partial charge in [-0.2, -0.15) is 5.10 Å². The van der Waals surface area contributed by atoms with Crippen LogP contribution in [-0.4, -0.2) is 38.0 Å². The lowest BCUT2D eigenvalue weighted by atomic mass is 10.0. The first-order valence-electron chi connectivity index (χ1n) is 8.44. The second-order valence-electron chi connectivity index (χ2n) is 5.85. The number of aromatic nitrogens is 5. The van der Waals surface area contributed by atoms with Gasteiger partial charge in [0.2, 0.25) is 0 Å². The van der Waals surface area contributed by atoms with Gasteiger partial charge in [0.05, 0.1) is 11.4 Å². The summed E-state index contributed by atoms with van der Waals surface area (Å²) in [6, 6.07) is 5.89. The molecule has 0 spiro atoms. The number of hydrogen-bond acceptors (Lipinski definition) is 5. The van der Waals surface area contributed by atoms with Crippen LogP contribution >= 0.6 is 0 Å². The lowest BCUT2D eigenvalue weighted by Gasteiger charge is -2.12. The second-order valence-corrected chi connectivity index (χ2v) is 5.85. The van der Waals surface area contributed by atoms with Gasteiger partial charge >= 0.3 is 0 Å². The summed E-state index contributed by atoms with van der Waals surface area (Å²) in [5.41, 5.74) is 5.31. The fourth-order valence-corrected chi connectivity index (χ4v) is 2.93. The predicted octanol–water partition coefficient (Wildman–Crippen LogP) is 2.96. The van der Waals surface area contributed by atoms with Crippen LogP contribution in [-0.2, 0) is 12.8 Å². The van der Waals surface area contributed by atoms with Gasteiger partial charge in [-0.05, 0) is 37.1 Å². The van der Waals surface area contributed by atoms with Gasteiger partial charge < -0.3 is 0 Å². The highest BCUT2D eigenvalue weighted by Gasteiger charge is 2.14. The molecule has 0 unspecified atom stereocenters. The molecule has 0 N–H and O–H groups in total. The summed E-state index contributed by atoms with van der Waals surface area (Å²) in [6.45, 7) is 4.22. The molecule has 3 heterocycles.